The molecule has 1 aromatic rings. The van der Waals surface area contributed by atoms with Crippen molar-refractivity contribution in [3.8, 4) is 0 Å². The molecule has 2 amide bonds. The number of nitrogens with one attached hydrogen (secondary N) is 1. The van der Waals surface area contributed by atoms with Gasteiger partial charge in [-0.3, -0.25) is 4.79 Å². The van der Waals surface area contributed by atoms with Gasteiger partial charge in [-0.25, -0.2) is 4.79 Å². The average Bonchev–Trinajstić information content (AvgIpc) is 2.56. The number of nitrogens with zero attached hydrogens (tertiary/aromatic N) is 1. The lowest BCUT2D eigenvalue weighted by molar-refractivity contribution is -0.143. The van der Waals surface area contributed by atoms with E-state index in [-0.39, 0.29) is 17.4 Å². The van der Waals surface area contributed by atoms with Gasteiger partial charge in [0.2, 0.25) is 5.91 Å². The summed E-state index contributed by atoms with van der Waals surface area (Å²) in [5.74, 6) is 1.57. The van der Waals surface area contributed by atoms with E-state index in [1.54, 1.807) is 0 Å². The van der Waals surface area contributed by atoms with E-state index in [0.717, 1.165) is 18.8 Å². The first-order valence-corrected chi connectivity index (χ1v) is 10.6. The Hall–Kier alpha value is -2.04. The minimum atomic E-state index is -0.423. The van der Waals surface area contributed by atoms with Crippen LogP contribution in [0.2, 0.25) is 0 Å². The van der Waals surface area contributed by atoms with Crippen molar-refractivity contribution in [3.05, 3.63) is 35.4 Å². The standard InChI is InChI=1S/C23H32N2O3/c1-23(24-22(27)28-3)13-19(14-23)21(26)25(2)20-11-18(12-20)17-9-5-8-16(10-17)15-6-4-7-15/h5,8-10,15,18-20H,4,6-7,11-14H2,1-3H3,(H,24,27)/t18-,19-,20+,23+. The van der Waals surface area contributed by atoms with Gasteiger partial charge >= 0.3 is 6.09 Å². The normalized spacial score (nSPS) is 31.8. The molecule has 3 fully saturated rings. The Labute approximate surface area is 167 Å². The highest BCUT2D eigenvalue weighted by Gasteiger charge is 2.47. The third kappa shape index (κ3) is 3.63. The van der Waals surface area contributed by atoms with Crippen molar-refractivity contribution in [2.75, 3.05) is 14.2 Å². The van der Waals surface area contributed by atoms with Crippen LogP contribution in [0.25, 0.3) is 0 Å². The topological polar surface area (TPSA) is 58.6 Å². The molecule has 0 heterocycles. The van der Waals surface area contributed by atoms with Crippen LogP contribution in [0.3, 0.4) is 0 Å². The average molecular weight is 385 g/mol. The molecule has 0 saturated heterocycles. The Bertz CT molecular complexity index is 746. The van der Waals surface area contributed by atoms with Crippen LogP contribution in [0.5, 0.6) is 0 Å². The zero-order chi connectivity index (χ0) is 19.9. The van der Waals surface area contributed by atoms with Gasteiger partial charge in [-0.2, -0.15) is 0 Å². The van der Waals surface area contributed by atoms with E-state index in [0.29, 0.717) is 24.8 Å². The molecule has 4 rings (SSSR count). The Balaban J connectivity index is 1.27. The lowest BCUT2D eigenvalue weighted by atomic mass is 9.68. The van der Waals surface area contributed by atoms with E-state index < -0.39 is 6.09 Å². The lowest BCUT2D eigenvalue weighted by Gasteiger charge is -2.48. The van der Waals surface area contributed by atoms with Gasteiger partial charge < -0.3 is 15.0 Å². The number of ether oxygens (including phenoxy) is 1. The molecule has 5 heteroatoms. The quantitative estimate of drug-likeness (QED) is 0.828. The Morgan fingerprint density at radius 3 is 2.36 bits per heavy atom. The van der Waals surface area contributed by atoms with E-state index in [4.69, 9.17) is 0 Å². The van der Waals surface area contributed by atoms with E-state index in [1.165, 1.54) is 37.5 Å². The fourth-order valence-corrected chi connectivity index (χ4v) is 5.05. The first-order valence-electron chi connectivity index (χ1n) is 10.6. The maximum Gasteiger partial charge on any atom is 0.407 e. The molecule has 0 atom stereocenters. The third-order valence-electron chi connectivity index (χ3n) is 7.30. The summed E-state index contributed by atoms with van der Waals surface area (Å²) in [5, 5.41) is 2.84. The third-order valence-corrected chi connectivity index (χ3v) is 7.30. The van der Waals surface area contributed by atoms with Crippen molar-refractivity contribution in [1.29, 1.82) is 0 Å². The number of rotatable bonds is 5. The van der Waals surface area contributed by atoms with E-state index in [2.05, 4.69) is 34.3 Å². The summed E-state index contributed by atoms with van der Waals surface area (Å²) < 4.78 is 4.67. The summed E-state index contributed by atoms with van der Waals surface area (Å²) in [5.41, 5.74) is 2.63. The molecule has 0 bridgehead atoms. The van der Waals surface area contributed by atoms with Crippen LogP contribution in [-0.2, 0) is 9.53 Å². The molecule has 1 N–H and O–H groups in total. The fourth-order valence-electron chi connectivity index (χ4n) is 5.05. The number of hydrogen-bond donors (Lipinski definition) is 1. The van der Waals surface area contributed by atoms with Crippen molar-refractivity contribution in [2.24, 2.45) is 5.92 Å². The lowest BCUT2D eigenvalue weighted by Crippen LogP contribution is -2.59. The Morgan fingerprint density at radius 1 is 1.14 bits per heavy atom. The molecule has 0 radical (unpaired) electrons. The van der Waals surface area contributed by atoms with Crippen LogP contribution < -0.4 is 5.32 Å². The fraction of sp³-hybridized carbons (Fsp3) is 0.652. The van der Waals surface area contributed by atoms with Gasteiger partial charge in [0.25, 0.3) is 0 Å². The van der Waals surface area contributed by atoms with Crippen LogP contribution in [0, 0.1) is 5.92 Å². The number of carbonyl (C=O) groups excluding carboxylic acids is 2. The maximum absolute atomic E-state index is 12.8. The van der Waals surface area contributed by atoms with Crippen molar-refractivity contribution in [3.63, 3.8) is 0 Å². The number of methoxy groups -OCH3 is 1. The highest BCUT2D eigenvalue weighted by molar-refractivity contribution is 5.81. The summed E-state index contributed by atoms with van der Waals surface area (Å²) in [4.78, 5) is 26.2. The van der Waals surface area contributed by atoms with Crippen molar-refractivity contribution < 1.29 is 14.3 Å². The second-order valence-electron chi connectivity index (χ2n) is 9.35. The SMILES string of the molecule is COC(=O)N[C@]1(C)C[C@H](C(=O)N(C)[C@H]2C[C@@H](c3cccc(C4CCC4)c3)C2)C1. The molecule has 1 aromatic carbocycles. The molecule has 0 aliphatic heterocycles. The van der Waals surface area contributed by atoms with Gasteiger partial charge in [0, 0.05) is 24.5 Å². The van der Waals surface area contributed by atoms with Crippen LogP contribution in [0.4, 0.5) is 4.79 Å². The predicted octanol–water partition coefficient (Wildman–Crippen LogP) is 4.18. The Morgan fingerprint density at radius 2 is 1.79 bits per heavy atom. The molecule has 152 valence electrons. The highest BCUT2D eigenvalue weighted by Crippen LogP contribution is 2.44. The number of alkyl carbamates (subject to hydrolysis) is 1. The number of amides is 2. The molecule has 0 spiro atoms. The van der Waals surface area contributed by atoms with Gasteiger partial charge in [0.15, 0.2) is 0 Å². The molecule has 3 aliphatic rings. The minimum absolute atomic E-state index is 0.00755. The summed E-state index contributed by atoms with van der Waals surface area (Å²) in [7, 11) is 3.31. The molecule has 3 aliphatic carbocycles. The first kappa shape index (κ1) is 19.3. The van der Waals surface area contributed by atoms with Crippen LogP contribution in [-0.4, -0.2) is 42.6 Å². The molecule has 3 saturated carbocycles. The molecule has 28 heavy (non-hydrogen) atoms. The Kier molecular flexibility index (Phi) is 5.11. The first-order chi connectivity index (χ1) is 13.4. The molecule has 5 nitrogen and oxygen atoms in total. The van der Waals surface area contributed by atoms with Crippen LogP contribution in [0.15, 0.2) is 24.3 Å². The van der Waals surface area contributed by atoms with Crippen molar-refractivity contribution in [1.82, 2.24) is 10.2 Å². The molecule has 0 aromatic heterocycles. The van der Waals surface area contributed by atoms with Crippen LogP contribution >= 0.6 is 0 Å². The number of carbonyl (C=O) groups is 2. The van der Waals surface area contributed by atoms with Gasteiger partial charge in [0.05, 0.1) is 7.11 Å². The smallest absolute Gasteiger partial charge is 0.407 e. The summed E-state index contributed by atoms with van der Waals surface area (Å²) >= 11 is 0. The van der Waals surface area contributed by atoms with E-state index in [9.17, 15) is 9.59 Å². The zero-order valence-corrected chi connectivity index (χ0v) is 17.2. The van der Waals surface area contributed by atoms with Crippen LogP contribution in [0.1, 0.15) is 74.8 Å². The molecular weight excluding hydrogens is 352 g/mol. The molecular formula is C23H32N2O3. The minimum Gasteiger partial charge on any atom is -0.453 e. The zero-order valence-electron chi connectivity index (χ0n) is 17.2. The largest absolute Gasteiger partial charge is 0.453 e. The second kappa shape index (κ2) is 7.41. The summed E-state index contributed by atoms with van der Waals surface area (Å²) in [6, 6.07) is 9.47. The summed E-state index contributed by atoms with van der Waals surface area (Å²) in [6.07, 6.45) is 7.09. The van der Waals surface area contributed by atoms with Crippen molar-refractivity contribution >= 4 is 12.0 Å². The number of hydrogen-bond acceptors (Lipinski definition) is 3. The van der Waals surface area contributed by atoms with E-state index in [1.807, 2.05) is 18.9 Å². The highest BCUT2D eigenvalue weighted by atomic mass is 16.5. The van der Waals surface area contributed by atoms with E-state index >= 15 is 0 Å². The second-order valence-corrected chi connectivity index (χ2v) is 9.35. The van der Waals surface area contributed by atoms with Gasteiger partial charge in [-0.1, -0.05) is 30.7 Å². The maximum atomic E-state index is 12.8. The summed E-state index contributed by atoms with van der Waals surface area (Å²) in [6.45, 7) is 1.97. The van der Waals surface area contributed by atoms with Gasteiger partial charge in [0.1, 0.15) is 0 Å². The predicted molar refractivity (Wildman–Crippen MR) is 108 cm³/mol. The molecule has 0 unspecified atom stereocenters. The van der Waals surface area contributed by atoms with Gasteiger partial charge in [-0.15, -0.1) is 0 Å². The number of benzene rings is 1. The van der Waals surface area contributed by atoms with Gasteiger partial charge in [-0.05, 0) is 68.4 Å². The van der Waals surface area contributed by atoms with Crippen molar-refractivity contribution in [2.45, 2.75) is 75.3 Å². The monoisotopic (exact) mass is 384 g/mol.